The summed E-state index contributed by atoms with van der Waals surface area (Å²) in [5, 5.41) is 4.14. The first-order valence-corrected chi connectivity index (χ1v) is 10.4. The van der Waals surface area contributed by atoms with Crippen LogP contribution < -0.4 is 5.32 Å². The van der Waals surface area contributed by atoms with E-state index in [4.69, 9.17) is 21.3 Å². The van der Waals surface area contributed by atoms with Gasteiger partial charge in [0, 0.05) is 11.6 Å². The molecule has 3 unspecified atom stereocenters. The minimum atomic E-state index is -1.15. The van der Waals surface area contributed by atoms with E-state index in [-0.39, 0.29) is 12.0 Å². The Morgan fingerprint density at radius 2 is 2.00 bits per heavy atom. The molecule has 2 heterocycles. The maximum Gasteiger partial charge on any atom is 0.341 e. The van der Waals surface area contributed by atoms with Crippen LogP contribution in [-0.4, -0.2) is 44.0 Å². The van der Waals surface area contributed by atoms with Crippen LogP contribution in [0.5, 0.6) is 0 Å². The molecule has 1 fully saturated rings. The lowest BCUT2D eigenvalue weighted by Crippen LogP contribution is -2.46. The first-order chi connectivity index (χ1) is 14.1. The number of rotatable bonds is 5. The minimum Gasteiger partial charge on any atom is -0.467 e. The molecule has 0 spiro atoms. The molecule has 2 aliphatic rings. The molecule has 2 aromatic rings. The minimum absolute atomic E-state index is 0.295. The molecule has 1 N–H and O–H groups in total. The number of ether oxygens (including phenoxy) is 1. The number of benzene rings is 2. The fourth-order valence-corrected chi connectivity index (χ4v) is 4.64. The third-order valence-corrected chi connectivity index (χ3v) is 6.15. The van der Waals surface area contributed by atoms with E-state index in [2.05, 4.69) is 10.2 Å². The number of methoxy groups -OCH3 is 1. The van der Waals surface area contributed by atoms with Gasteiger partial charge < -0.3 is 15.0 Å². The highest BCUT2D eigenvalue weighted by molar-refractivity contribution is 6.30. The van der Waals surface area contributed by atoms with E-state index in [0.717, 1.165) is 30.8 Å². The van der Waals surface area contributed by atoms with Crippen molar-refractivity contribution in [3.63, 3.8) is 0 Å². The number of halogens is 1. The van der Waals surface area contributed by atoms with Crippen molar-refractivity contribution >= 4 is 23.9 Å². The van der Waals surface area contributed by atoms with E-state index in [0.29, 0.717) is 10.9 Å². The third-order valence-electron chi connectivity index (χ3n) is 5.90. The number of carbonyl (C=O) groups excluding carboxylic acids is 1. The Morgan fingerprint density at radius 3 is 2.66 bits per heavy atom. The number of aliphatic imine (C=N–C) groups is 1. The number of nitrogens with one attached hydrogen (secondary N) is 1. The van der Waals surface area contributed by atoms with Gasteiger partial charge in [-0.1, -0.05) is 54.1 Å². The van der Waals surface area contributed by atoms with Gasteiger partial charge >= 0.3 is 5.97 Å². The number of hydrogen-bond acceptors (Lipinski definition) is 5. The van der Waals surface area contributed by atoms with Crippen molar-refractivity contribution in [2.24, 2.45) is 10.9 Å². The van der Waals surface area contributed by atoms with Crippen molar-refractivity contribution in [2.45, 2.75) is 24.4 Å². The van der Waals surface area contributed by atoms with Crippen molar-refractivity contribution in [1.82, 2.24) is 10.2 Å². The summed E-state index contributed by atoms with van der Waals surface area (Å²) in [4.78, 5) is 20.2. The van der Waals surface area contributed by atoms with Crippen LogP contribution in [0.3, 0.4) is 0 Å². The van der Waals surface area contributed by atoms with Crippen molar-refractivity contribution in [1.29, 1.82) is 0 Å². The lowest BCUT2D eigenvalue weighted by Gasteiger charge is -2.38. The number of piperidine rings is 1. The summed E-state index contributed by atoms with van der Waals surface area (Å²) >= 11 is 6.14. The van der Waals surface area contributed by atoms with E-state index < -0.39 is 5.54 Å². The van der Waals surface area contributed by atoms with Gasteiger partial charge in [-0.2, -0.15) is 0 Å². The summed E-state index contributed by atoms with van der Waals surface area (Å²) in [6.07, 6.45) is 4.17. The second kappa shape index (κ2) is 8.56. The standard InChI is InChI=1S/C23H26ClN3O2/c1-29-22(28)23(19-7-3-2-4-8-19)21(18-9-11-20(24)12-10-18)27(16-26-23)15-17-6-5-13-25-14-17/h2-4,7-12,16-17,21,25H,5-6,13-15H2,1H3. The summed E-state index contributed by atoms with van der Waals surface area (Å²) in [5.41, 5.74) is 0.670. The molecule has 0 saturated carbocycles. The van der Waals surface area contributed by atoms with Gasteiger partial charge in [-0.05, 0) is 55.1 Å². The predicted octanol–water partition coefficient (Wildman–Crippen LogP) is 3.79. The topological polar surface area (TPSA) is 53.9 Å². The van der Waals surface area contributed by atoms with E-state index in [1.165, 1.54) is 20.0 Å². The van der Waals surface area contributed by atoms with Crippen LogP contribution in [0, 0.1) is 5.92 Å². The van der Waals surface area contributed by atoms with Gasteiger partial charge in [-0.25, -0.2) is 9.79 Å². The Bertz CT molecular complexity index is 865. The smallest absolute Gasteiger partial charge is 0.341 e. The van der Waals surface area contributed by atoms with Crippen molar-refractivity contribution in [2.75, 3.05) is 26.7 Å². The Balaban J connectivity index is 1.79. The summed E-state index contributed by atoms with van der Waals surface area (Å²) in [6.45, 7) is 2.88. The van der Waals surface area contributed by atoms with Crippen LogP contribution in [-0.2, 0) is 15.1 Å². The maximum atomic E-state index is 13.2. The van der Waals surface area contributed by atoms with Crippen LogP contribution >= 0.6 is 11.6 Å². The second-order valence-corrected chi connectivity index (χ2v) is 8.17. The molecular formula is C23H26ClN3O2. The SMILES string of the molecule is COC(=O)C1(c2ccccc2)N=CN(CC2CCCNC2)C1c1ccc(Cl)cc1. The fraction of sp³-hybridized carbons (Fsp3) is 0.391. The third kappa shape index (κ3) is 3.77. The normalized spacial score (nSPS) is 26.5. The first kappa shape index (κ1) is 19.9. The van der Waals surface area contributed by atoms with Gasteiger partial charge in [-0.15, -0.1) is 0 Å². The van der Waals surface area contributed by atoms with Gasteiger partial charge in [0.25, 0.3) is 0 Å². The lowest BCUT2D eigenvalue weighted by molar-refractivity contribution is -0.149. The summed E-state index contributed by atoms with van der Waals surface area (Å²) < 4.78 is 5.29. The molecule has 0 radical (unpaired) electrons. The van der Waals surface area contributed by atoms with Crippen LogP contribution in [0.15, 0.2) is 59.6 Å². The first-order valence-electron chi connectivity index (χ1n) is 10.1. The van der Waals surface area contributed by atoms with Crippen LogP contribution in [0.2, 0.25) is 5.02 Å². The molecule has 0 aliphatic carbocycles. The van der Waals surface area contributed by atoms with Crippen molar-refractivity contribution < 1.29 is 9.53 Å². The molecule has 2 aromatic carbocycles. The Kier molecular flexibility index (Phi) is 5.88. The maximum absolute atomic E-state index is 13.2. The van der Waals surface area contributed by atoms with Gasteiger partial charge in [0.05, 0.1) is 19.5 Å². The fourth-order valence-electron chi connectivity index (χ4n) is 4.51. The molecule has 5 nitrogen and oxygen atoms in total. The second-order valence-electron chi connectivity index (χ2n) is 7.73. The average Bonchev–Trinajstić information content (AvgIpc) is 3.15. The Labute approximate surface area is 176 Å². The highest BCUT2D eigenvalue weighted by Crippen LogP contribution is 2.47. The van der Waals surface area contributed by atoms with Gasteiger partial charge in [0.1, 0.15) is 0 Å². The highest BCUT2D eigenvalue weighted by Gasteiger charge is 2.54. The molecule has 0 amide bonds. The van der Waals surface area contributed by atoms with E-state index in [1.54, 1.807) is 0 Å². The van der Waals surface area contributed by atoms with Gasteiger partial charge in [-0.3, -0.25) is 0 Å². The molecule has 29 heavy (non-hydrogen) atoms. The van der Waals surface area contributed by atoms with E-state index >= 15 is 0 Å². The lowest BCUT2D eigenvalue weighted by atomic mass is 9.79. The zero-order valence-electron chi connectivity index (χ0n) is 16.6. The van der Waals surface area contributed by atoms with E-state index in [1.807, 2.05) is 60.9 Å². The monoisotopic (exact) mass is 411 g/mol. The number of hydrogen-bond donors (Lipinski definition) is 1. The quantitative estimate of drug-likeness (QED) is 0.760. The van der Waals surface area contributed by atoms with Crippen LogP contribution in [0.25, 0.3) is 0 Å². The molecule has 0 aromatic heterocycles. The Morgan fingerprint density at radius 1 is 1.24 bits per heavy atom. The number of esters is 1. The van der Waals surface area contributed by atoms with Crippen LogP contribution in [0.1, 0.15) is 30.0 Å². The zero-order valence-corrected chi connectivity index (χ0v) is 17.3. The van der Waals surface area contributed by atoms with Gasteiger partial charge in [0.2, 0.25) is 5.54 Å². The summed E-state index contributed by atoms with van der Waals surface area (Å²) in [7, 11) is 1.43. The number of nitrogens with zero attached hydrogens (tertiary/aromatic N) is 2. The largest absolute Gasteiger partial charge is 0.467 e. The number of carbonyl (C=O) groups is 1. The molecular weight excluding hydrogens is 386 g/mol. The predicted molar refractivity (Wildman–Crippen MR) is 115 cm³/mol. The molecule has 2 aliphatic heterocycles. The van der Waals surface area contributed by atoms with Crippen LogP contribution in [0.4, 0.5) is 0 Å². The van der Waals surface area contributed by atoms with Crippen molar-refractivity contribution in [3.05, 3.63) is 70.7 Å². The van der Waals surface area contributed by atoms with E-state index in [9.17, 15) is 4.79 Å². The molecule has 1 saturated heterocycles. The average molecular weight is 412 g/mol. The molecule has 6 heteroatoms. The van der Waals surface area contributed by atoms with Gasteiger partial charge in [0.15, 0.2) is 0 Å². The highest BCUT2D eigenvalue weighted by atomic mass is 35.5. The summed E-state index contributed by atoms with van der Waals surface area (Å²) in [6, 6.07) is 17.1. The van der Waals surface area contributed by atoms with Crippen molar-refractivity contribution in [3.8, 4) is 0 Å². The zero-order chi connectivity index (χ0) is 20.3. The molecule has 4 rings (SSSR count). The molecule has 0 bridgehead atoms. The summed E-state index contributed by atoms with van der Waals surface area (Å²) in [5.74, 6) is 0.151. The molecule has 3 atom stereocenters. The Hall–Kier alpha value is -2.37. The molecule has 152 valence electrons.